The highest BCUT2D eigenvalue weighted by Gasteiger charge is 2.35. The van der Waals surface area contributed by atoms with Gasteiger partial charge in [-0.25, -0.2) is 0 Å². The number of hydrogen-bond donors (Lipinski definition) is 2. The number of nitrogens with two attached hydrogens (primary N) is 1. The van der Waals surface area contributed by atoms with E-state index in [0.717, 1.165) is 0 Å². The van der Waals surface area contributed by atoms with E-state index in [9.17, 15) is 9.59 Å². The second-order valence-corrected chi connectivity index (χ2v) is 4.80. The molecule has 0 radical (unpaired) electrons. The molecule has 1 amide bonds. The highest BCUT2D eigenvalue weighted by Crippen LogP contribution is 2.16. The average Bonchev–Trinajstić information content (AvgIpc) is 2.75. The van der Waals surface area contributed by atoms with E-state index in [-0.39, 0.29) is 24.4 Å². The Morgan fingerprint density at radius 1 is 1.22 bits per heavy atom. The monoisotopic (exact) mass is 257 g/mol. The van der Waals surface area contributed by atoms with Crippen molar-refractivity contribution < 1.29 is 19.4 Å². The molecular formula is C11H19N3O4. The Morgan fingerprint density at radius 3 is 2.39 bits per heavy atom. The zero-order chi connectivity index (χ0) is 13.1. The van der Waals surface area contributed by atoms with Gasteiger partial charge in [0.2, 0.25) is 5.91 Å². The standard InChI is InChI=1S/C11H19N3O4/c12-9-7-18-6-8(9)11(17)14-3-1-13(2-4-14)5-10(15)16/h8-9H,1-7,12H2,(H,15,16). The van der Waals surface area contributed by atoms with Crippen molar-refractivity contribution in [3.05, 3.63) is 0 Å². The van der Waals surface area contributed by atoms with Crippen molar-refractivity contribution in [2.24, 2.45) is 11.7 Å². The lowest BCUT2D eigenvalue weighted by Gasteiger charge is -2.35. The minimum Gasteiger partial charge on any atom is -0.480 e. The summed E-state index contributed by atoms with van der Waals surface area (Å²) in [6, 6.07) is -0.213. The zero-order valence-electron chi connectivity index (χ0n) is 10.2. The molecule has 0 bridgehead atoms. The van der Waals surface area contributed by atoms with Gasteiger partial charge >= 0.3 is 5.97 Å². The summed E-state index contributed by atoms with van der Waals surface area (Å²) in [7, 11) is 0. The highest BCUT2D eigenvalue weighted by atomic mass is 16.5. The van der Waals surface area contributed by atoms with E-state index in [1.165, 1.54) is 0 Å². The molecule has 3 N–H and O–H groups in total. The van der Waals surface area contributed by atoms with E-state index in [4.69, 9.17) is 15.6 Å². The van der Waals surface area contributed by atoms with Crippen LogP contribution < -0.4 is 5.73 Å². The number of amides is 1. The second-order valence-electron chi connectivity index (χ2n) is 4.80. The number of rotatable bonds is 3. The van der Waals surface area contributed by atoms with Crippen molar-refractivity contribution in [2.45, 2.75) is 6.04 Å². The van der Waals surface area contributed by atoms with E-state index >= 15 is 0 Å². The van der Waals surface area contributed by atoms with Crippen LogP contribution in [0.3, 0.4) is 0 Å². The fraction of sp³-hybridized carbons (Fsp3) is 0.818. The van der Waals surface area contributed by atoms with Gasteiger partial charge in [-0.05, 0) is 0 Å². The van der Waals surface area contributed by atoms with E-state index in [0.29, 0.717) is 39.4 Å². The fourth-order valence-corrected chi connectivity index (χ4v) is 2.38. The predicted octanol–water partition coefficient (Wildman–Crippen LogP) is -1.81. The molecule has 2 saturated heterocycles. The van der Waals surface area contributed by atoms with Crippen molar-refractivity contribution >= 4 is 11.9 Å². The van der Waals surface area contributed by atoms with Gasteiger partial charge in [-0.15, -0.1) is 0 Å². The third kappa shape index (κ3) is 2.98. The van der Waals surface area contributed by atoms with Gasteiger partial charge in [0.25, 0.3) is 0 Å². The van der Waals surface area contributed by atoms with Crippen molar-refractivity contribution in [1.82, 2.24) is 9.80 Å². The molecule has 0 aromatic rings. The Bertz CT molecular complexity index is 328. The summed E-state index contributed by atoms with van der Waals surface area (Å²) in [5, 5.41) is 8.69. The molecule has 2 unspecified atom stereocenters. The SMILES string of the molecule is NC1COCC1C(=O)N1CCN(CC(=O)O)CC1. The fourth-order valence-electron chi connectivity index (χ4n) is 2.38. The number of hydrogen-bond acceptors (Lipinski definition) is 5. The summed E-state index contributed by atoms with van der Waals surface area (Å²) in [5.41, 5.74) is 5.82. The van der Waals surface area contributed by atoms with Crippen LogP contribution in [0.4, 0.5) is 0 Å². The van der Waals surface area contributed by atoms with Crippen molar-refractivity contribution in [3.8, 4) is 0 Å². The number of piperazine rings is 1. The topological polar surface area (TPSA) is 96.1 Å². The van der Waals surface area contributed by atoms with Crippen LogP contribution in [0.2, 0.25) is 0 Å². The van der Waals surface area contributed by atoms with E-state index < -0.39 is 5.97 Å². The van der Waals surface area contributed by atoms with Crippen LogP contribution in [-0.4, -0.2) is 78.8 Å². The van der Waals surface area contributed by atoms with E-state index in [1.54, 1.807) is 4.90 Å². The van der Waals surface area contributed by atoms with Crippen LogP contribution in [-0.2, 0) is 14.3 Å². The maximum atomic E-state index is 12.2. The molecule has 7 nitrogen and oxygen atoms in total. The Hall–Kier alpha value is -1.18. The summed E-state index contributed by atoms with van der Waals surface area (Å²) < 4.78 is 5.19. The molecule has 7 heteroatoms. The van der Waals surface area contributed by atoms with Gasteiger partial charge in [0, 0.05) is 32.2 Å². The Labute approximate surface area is 105 Å². The molecule has 2 aliphatic rings. The molecule has 102 valence electrons. The quantitative estimate of drug-likeness (QED) is 0.618. The summed E-state index contributed by atoms with van der Waals surface area (Å²) >= 11 is 0. The summed E-state index contributed by atoms with van der Waals surface area (Å²) in [6.45, 7) is 3.20. The van der Waals surface area contributed by atoms with Crippen LogP contribution in [0.15, 0.2) is 0 Å². The number of carbonyl (C=O) groups excluding carboxylic acids is 1. The normalized spacial score (nSPS) is 29.5. The minimum absolute atomic E-state index is 0.0358. The van der Waals surface area contributed by atoms with Gasteiger partial charge in [0.15, 0.2) is 0 Å². The lowest BCUT2D eigenvalue weighted by molar-refractivity contribution is -0.140. The van der Waals surface area contributed by atoms with Crippen molar-refractivity contribution in [3.63, 3.8) is 0 Å². The lowest BCUT2D eigenvalue weighted by atomic mass is 10.0. The first kappa shape index (κ1) is 13.3. The van der Waals surface area contributed by atoms with Crippen molar-refractivity contribution in [2.75, 3.05) is 45.9 Å². The second kappa shape index (κ2) is 5.64. The Kier molecular flexibility index (Phi) is 4.15. The smallest absolute Gasteiger partial charge is 0.317 e. The summed E-state index contributed by atoms with van der Waals surface area (Å²) in [4.78, 5) is 26.3. The third-order valence-electron chi connectivity index (χ3n) is 3.48. The van der Waals surface area contributed by atoms with Gasteiger partial charge in [-0.3, -0.25) is 14.5 Å². The van der Waals surface area contributed by atoms with Gasteiger partial charge in [-0.1, -0.05) is 0 Å². The van der Waals surface area contributed by atoms with Crippen LogP contribution in [0.25, 0.3) is 0 Å². The lowest BCUT2D eigenvalue weighted by Crippen LogP contribution is -2.53. The molecule has 0 aromatic carbocycles. The molecular weight excluding hydrogens is 238 g/mol. The third-order valence-corrected chi connectivity index (χ3v) is 3.48. The molecule has 2 heterocycles. The molecule has 0 saturated carbocycles. The molecule has 2 atom stereocenters. The maximum Gasteiger partial charge on any atom is 0.317 e. The largest absolute Gasteiger partial charge is 0.480 e. The molecule has 2 fully saturated rings. The number of carboxylic acids is 1. The molecule has 2 aliphatic heterocycles. The van der Waals surface area contributed by atoms with Crippen molar-refractivity contribution in [1.29, 1.82) is 0 Å². The van der Waals surface area contributed by atoms with Crippen LogP contribution in [0.1, 0.15) is 0 Å². The number of aliphatic carboxylic acids is 1. The van der Waals surface area contributed by atoms with Crippen LogP contribution >= 0.6 is 0 Å². The molecule has 0 spiro atoms. The van der Waals surface area contributed by atoms with Crippen LogP contribution in [0, 0.1) is 5.92 Å². The molecule has 2 rings (SSSR count). The van der Waals surface area contributed by atoms with E-state index in [1.807, 2.05) is 4.90 Å². The van der Waals surface area contributed by atoms with Gasteiger partial charge in [0.1, 0.15) is 0 Å². The molecule has 18 heavy (non-hydrogen) atoms. The maximum absolute atomic E-state index is 12.2. The number of carboxylic acid groups (broad SMARTS) is 1. The first-order valence-electron chi connectivity index (χ1n) is 6.14. The Balaban J connectivity index is 1.82. The first-order valence-corrected chi connectivity index (χ1v) is 6.14. The molecule has 0 aliphatic carbocycles. The Morgan fingerprint density at radius 2 is 1.89 bits per heavy atom. The van der Waals surface area contributed by atoms with E-state index in [2.05, 4.69) is 0 Å². The highest BCUT2D eigenvalue weighted by molar-refractivity contribution is 5.80. The minimum atomic E-state index is -0.832. The first-order chi connectivity index (χ1) is 8.58. The summed E-state index contributed by atoms with van der Waals surface area (Å²) in [5.74, 6) is -1.04. The van der Waals surface area contributed by atoms with Gasteiger partial charge in [-0.2, -0.15) is 0 Å². The average molecular weight is 257 g/mol. The predicted molar refractivity (Wildman–Crippen MR) is 62.9 cm³/mol. The molecule has 0 aromatic heterocycles. The zero-order valence-corrected chi connectivity index (χ0v) is 10.2. The van der Waals surface area contributed by atoms with Gasteiger partial charge < -0.3 is 20.5 Å². The summed E-state index contributed by atoms with van der Waals surface area (Å²) in [6.07, 6.45) is 0. The van der Waals surface area contributed by atoms with Gasteiger partial charge in [0.05, 0.1) is 25.7 Å². The number of ether oxygens (including phenoxy) is 1. The number of carbonyl (C=O) groups is 2. The van der Waals surface area contributed by atoms with Crippen LogP contribution in [0.5, 0.6) is 0 Å². The number of nitrogens with zero attached hydrogens (tertiary/aromatic N) is 2.